The molecular formula is C96H152N8O16. The van der Waals surface area contributed by atoms with Crippen molar-refractivity contribution >= 4 is 23.9 Å². The standard InChI is InChI=1S/4C24H38N2O4/c4*1-14(2)9-17-13-26-8-7-16-10-21(28-5)22(29-6)11-18(16)19(26)12-20(17)30-24(27)23(25)15(3)4/h4*10-11,14-15,17,19-20,23H,7-9,12-13,25H2,1-6H3/t4*17?,19?,20?,23-/m0000/s1/i1D3,3D3,4D3,5D3,7D2,8D2,9D2,10D,11D,14D,15D,20D,23D;1D3,3D3,4D3,7D2,8D2,9D2,10D,11D,14D,15D,20D,23D;1D3,3D3,4D3,5D3,7D2,8D2,9D2,10D,11D,14D,15D,23D;1D3,3D3,4D3,7D2,8D2,9D2,10D,11D,14D,15D,23D/t4*14?,17?,19?,20?,23-. The summed E-state index contributed by atoms with van der Waals surface area (Å²) in [5, 5.41) is 0. The van der Waals surface area contributed by atoms with Gasteiger partial charge >= 0.3 is 23.9 Å². The minimum atomic E-state index is -4.20. The third-order valence-corrected chi connectivity index (χ3v) is 18.8. The fraction of sp³-hybridized carbons (Fsp3) is 0.708. The van der Waals surface area contributed by atoms with Crippen molar-refractivity contribution in [2.45, 2.75) is 259 Å². The van der Waals surface area contributed by atoms with Gasteiger partial charge in [-0.1, -0.05) is 110 Å². The maximum atomic E-state index is 13.8. The Hall–Kier alpha value is -7.16. The first kappa shape index (κ1) is 32.4. The summed E-state index contributed by atoms with van der Waals surface area (Å²) in [6.07, 6.45) is -42.6. The van der Waals surface area contributed by atoms with Gasteiger partial charge in [-0.2, -0.15) is 0 Å². The average Bonchev–Trinajstić information content (AvgIpc) is 0.679. The normalized spacial score (nSPS) is 45.5. The van der Waals surface area contributed by atoms with Crippen LogP contribution in [0, 0.1) is 70.8 Å². The van der Waals surface area contributed by atoms with E-state index in [4.69, 9.17) is 198 Å². The third-order valence-electron chi connectivity index (χ3n) is 18.8. The summed E-state index contributed by atoms with van der Waals surface area (Å²) < 4.78 is 789. The molecule has 4 saturated heterocycles. The monoisotopic (exact) mass is 1760 g/mol. The highest BCUT2D eigenvalue weighted by Gasteiger charge is 2.47. The highest BCUT2D eigenvalue weighted by molar-refractivity contribution is 5.77. The number of esters is 4. The van der Waals surface area contributed by atoms with Crippen LogP contribution < -0.4 is 60.8 Å². The number of nitrogens with zero attached hydrogens (tertiary/aromatic N) is 4. The van der Waals surface area contributed by atoms with Gasteiger partial charge in [-0.05, 0) is 191 Å². The van der Waals surface area contributed by atoms with Crippen LogP contribution in [0.5, 0.6) is 46.0 Å². The number of hydrogen-bond donors (Lipinski definition) is 4. The highest BCUT2D eigenvalue weighted by atomic mass is 16.6. The Bertz CT molecular complexity index is 8090. The van der Waals surface area contributed by atoms with Gasteiger partial charge in [0.2, 0.25) is 0 Å². The van der Waals surface area contributed by atoms with Crippen LogP contribution in [-0.2, 0) is 63.6 Å². The number of piperidine rings is 4. The fourth-order valence-electron chi connectivity index (χ4n) is 13.3. The molecule has 0 spiro atoms. The molecule has 4 aromatic rings. The Morgan fingerprint density at radius 1 is 0.375 bits per heavy atom. The van der Waals surface area contributed by atoms with Gasteiger partial charge in [0.15, 0.2) is 46.0 Å². The van der Waals surface area contributed by atoms with Crippen LogP contribution >= 0.6 is 0 Å². The van der Waals surface area contributed by atoms with Gasteiger partial charge in [0.1, 0.15) is 48.4 Å². The number of nitrogens with two attached hydrogens (primary N) is 4. The summed E-state index contributed by atoms with van der Waals surface area (Å²) in [5.41, 5.74) is 17.1. The zero-order chi connectivity index (χ0) is 164. The molecule has 8 aliphatic heterocycles. The molecule has 16 unspecified atom stereocenters. The minimum absolute atomic E-state index is 0.386. The smallest absolute Gasteiger partial charge is 0.323 e. The van der Waals surface area contributed by atoms with E-state index in [1.54, 1.807) is 0 Å². The van der Waals surface area contributed by atoms with Crippen molar-refractivity contribution in [1.29, 1.82) is 0 Å². The van der Waals surface area contributed by atoms with Crippen LogP contribution in [0.3, 0.4) is 0 Å². The second-order valence-electron chi connectivity index (χ2n) is 26.9. The second-order valence-corrected chi connectivity index (χ2v) is 26.9. The lowest BCUT2D eigenvalue weighted by Crippen LogP contribution is -2.51. The van der Waals surface area contributed by atoms with E-state index in [2.05, 4.69) is 0 Å². The summed E-state index contributed by atoms with van der Waals surface area (Å²) in [4.78, 5) is 57.3. The number of carbonyl (C=O) groups excluding carboxylic acids is 4. The van der Waals surface area contributed by atoms with Gasteiger partial charge in [0.25, 0.3) is 0 Å². The molecule has 0 bridgehead atoms. The molecule has 672 valence electrons. The number of hydrogen-bond acceptors (Lipinski definition) is 24. The molecule has 0 aliphatic carbocycles. The van der Waals surface area contributed by atoms with Crippen LogP contribution in [0.15, 0.2) is 48.3 Å². The van der Waals surface area contributed by atoms with E-state index < -0.39 is 526 Å². The predicted octanol–water partition coefficient (Wildman–Crippen LogP) is 14.3. The number of benzene rings is 4. The SMILES string of the molecule is [2H]c1c(OC)c(OC([2H])([2H])[2H])c([2H])c2c1C1CC(OC(=O)[C@@]([2H])(N)C([2H])(C([2H])([2H])[2H])C([2H])([2H])[2H])C(C([2H])([2H])C([2H])(C)C([2H])([2H])[2H])CN1C([2H])([2H])C2([2H])[2H].[2H]c1c(OC)c(OC([2H])([2H])[2H])c([2H])c2c1C1CC([2H])(OC(=O)[C@@]([2H])(N)C([2H])(C([2H])([2H])[2H])C([2H])([2H])[2H])C(C([2H])([2H])C([2H])(C)C([2H])([2H])[2H])CN1C([2H])([2H])C2([2H])[2H].[2H]c1c(OC)c(OC)c([2H])c2c1C1CC(OC(=O)[C@@]([2H])(N)C([2H])(C([2H])([2H])[2H])C([2H])([2H])[2H])C(C([2H])([2H])C([2H])(C)C([2H])([2H])[2H])CN1C([2H])([2H])C2([2H])[2H].[2H]c1c(OC)c(OC)c([2H])c2c1C1CC([2H])(OC(=O)[C@@]([2H])(N)C([2H])(C([2H])([2H])[2H])C([2H])([2H])[2H])C(C([2H])([2H])C([2H])(C)C([2H])([2H])[2H])CN1C([2H])([2H])C2([2H])[2H]. The summed E-state index contributed by atoms with van der Waals surface area (Å²) in [7, 11) is -0.423. The van der Waals surface area contributed by atoms with E-state index in [9.17, 15) is 21.9 Å². The van der Waals surface area contributed by atoms with Crippen molar-refractivity contribution in [3.8, 4) is 46.0 Å². The Morgan fingerprint density at radius 3 is 0.858 bits per heavy atom. The molecule has 12 rings (SSSR count). The number of fused-ring (bicyclic) bond motifs is 12. The molecule has 8 aliphatic rings. The third kappa shape index (κ3) is 23.8. The van der Waals surface area contributed by atoms with E-state index in [1.165, 1.54) is 0 Å². The molecule has 8 heterocycles. The summed E-state index contributed by atoms with van der Waals surface area (Å²) in [5.74, 6) is -53.1. The Kier molecular flexibility index (Phi) is 11.8. The molecule has 4 fully saturated rings. The number of carbonyl (C=O) groups is 4. The van der Waals surface area contributed by atoms with Gasteiger partial charge in [-0.15, -0.1) is 0 Å². The lowest BCUT2D eigenvalue weighted by molar-refractivity contribution is -0.161. The van der Waals surface area contributed by atoms with Crippen molar-refractivity contribution in [2.24, 2.45) is 93.8 Å². The van der Waals surface area contributed by atoms with E-state index in [0.29, 0.717) is 42.4 Å². The lowest BCUT2D eigenvalue weighted by Gasteiger charge is -2.47. The van der Waals surface area contributed by atoms with Crippen LogP contribution in [0.25, 0.3) is 0 Å². The van der Waals surface area contributed by atoms with Crippen molar-refractivity contribution < 1.29 is 197 Å². The van der Waals surface area contributed by atoms with Crippen molar-refractivity contribution in [3.63, 3.8) is 0 Å². The van der Waals surface area contributed by atoms with Crippen molar-refractivity contribution in [2.75, 3.05) is 109 Å². The molecular weight excluding hydrogens is 1520 g/mol. The van der Waals surface area contributed by atoms with Crippen molar-refractivity contribution in [1.82, 2.24) is 19.6 Å². The largest absolute Gasteiger partial charge is 0.493 e. The van der Waals surface area contributed by atoms with E-state index in [0.717, 1.165) is 47.6 Å². The number of rotatable bonds is 28. The van der Waals surface area contributed by atoms with Gasteiger partial charge < -0.3 is 79.8 Å². The van der Waals surface area contributed by atoms with Crippen LogP contribution in [0.1, 0.15) is 350 Å². The zero-order valence-electron chi connectivity index (χ0n) is 154. The van der Waals surface area contributed by atoms with E-state index in [-0.39, 0.29) is 5.75 Å². The summed E-state index contributed by atoms with van der Waals surface area (Å²) >= 11 is 0. The maximum absolute atomic E-state index is 13.8. The first-order valence-corrected chi connectivity index (χ1v) is 35.7. The maximum Gasteiger partial charge on any atom is 0.323 e. The minimum Gasteiger partial charge on any atom is -0.493 e. The van der Waals surface area contributed by atoms with Crippen molar-refractivity contribution in [3.05, 3.63) is 92.8 Å². The quantitative estimate of drug-likeness (QED) is 0.0303. The molecule has 20 atom stereocenters. The van der Waals surface area contributed by atoms with Crippen LogP contribution in [-0.4, -0.2) is 201 Å². The van der Waals surface area contributed by atoms with Gasteiger partial charge in [0.05, 0.1) is 84.1 Å². The molecule has 0 amide bonds. The Morgan fingerprint density at radius 2 is 0.608 bits per heavy atom. The van der Waals surface area contributed by atoms with Crippen LogP contribution in [0.4, 0.5) is 0 Å². The fourth-order valence-corrected chi connectivity index (χ4v) is 13.3. The highest BCUT2D eigenvalue weighted by Crippen LogP contribution is 2.50. The average molecular weight is 1760 g/mol. The molecule has 120 heavy (non-hydrogen) atoms. The topological polar surface area (TPSA) is 296 Å². The Labute approximate surface area is 842 Å². The lowest BCUT2D eigenvalue weighted by atomic mass is 9.79. The van der Waals surface area contributed by atoms with E-state index in [1.807, 2.05) is 0 Å². The molecule has 0 saturated carbocycles. The van der Waals surface area contributed by atoms with Gasteiger partial charge in [0, 0.05) is 219 Å². The predicted molar refractivity (Wildman–Crippen MR) is 471 cm³/mol. The molecule has 0 radical (unpaired) electrons. The number of ether oxygens (including phenoxy) is 12. The first-order chi connectivity index (χ1) is 91.3. The summed E-state index contributed by atoms with van der Waals surface area (Å²) in [6.45, 7) is -61.3. The molecule has 8 N–H and O–H groups in total. The van der Waals surface area contributed by atoms with Crippen LogP contribution in [0.2, 0.25) is 0 Å². The second kappa shape index (κ2) is 43.9. The first-order valence-electron chi connectivity index (χ1n) is 79.7. The van der Waals surface area contributed by atoms with E-state index >= 15 is 0 Å². The number of methoxy groups -OCH3 is 8. The summed E-state index contributed by atoms with van der Waals surface area (Å²) in [6, 6.07) is -30.2. The molecule has 24 heteroatoms. The Balaban J connectivity index is 0.000000299. The molecule has 0 aromatic heterocycles. The molecule has 24 nitrogen and oxygen atoms in total. The van der Waals surface area contributed by atoms with Gasteiger partial charge in [-0.25, -0.2) is 0 Å². The van der Waals surface area contributed by atoms with Gasteiger partial charge in [-0.3, -0.25) is 38.8 Å². The molecule has 4 aromatic carbocycles. The zero-order valence-corrected chi connectivity index (χ0v) is 66.1.